The monoisotopic (exact) mass is 493 g/mol. The molecule has 0 fully saturated rings. The third-order valence-electron chi connectivity index (χ3n) is 6.71. The van der Waals surface area contributed by atoms with Crippen LogP contribution in [-0.4, -0.2) is 15.0 Å². The fourth-order valence-electron chi connectivity index (χ4n) is 4.78. The molecule has 6 aromatic carbocycles. The van der Waals surface area contributed by atoms with E-state index in [2.05, 4.69) is 78.9 Å². The summed E-state index contributed by atoms with van der Waals surface area (Å²) in [6.07, 6.45) is 0. The van der Waals surface area contributed by atoms with Gasteiger partial charge in [0.2, 0.25) is 0 Å². The summed E-state index contributed by atoms with van der Waals surface area (Å²) in [5, 5.41) is 7.53. The van der Waals surface area contributed by atoms with Crippen molar-refractivity contribution in [3.63, 3.8) is 0 Å². The van der Waals surface area contributed by atoms with Crippen molar-refractivity contribution >= 4 is 43.9 Å². The van der Waals surface area contributed by atoms with Crippen molar-refractivity contribution in [3.8, 4) is 34.2 Å². The minimum absolute atomic E-state index is 0.628. The van der Waals surface area contributed by atoms with Crippen LogP contribution in [0.15, 0.2) is 121 Å². The Morgan fingerprint density at radius 2 is 0.730 bits per heavy atom. The highest BCUT2D eigenvalue weighted by atomic mass is 35.5. The van der Waals surface area contributed by atoms with E-state index in [-0.39, 0.29) is 0 Å². The van der Waals surface area contributed by atoms with Gasteiger partial charge in [-0.3, -0.25) is 0 Å². The summed E-state index contributed by atoms with van der Waals surface area (Å²) >= 11 is 6.28. The zero-order valence-corrected chi connectivity index (χ0v) is 20.5. The Hall–Kier alpha value is -4.60. The van der Waals surface area contributed by atoms with Crippen LogP contribution in [0.2, 0.25) is 5.02 Å². The van der Waals surface area contributed by atoms with Gasteiger partial charge in [0.1, 0.15) is 0 Å². The summed E-state index contributed by atoms with van der Waals surface area (Å²) in [7, 11) is 0. The third kappa shape index (κ3) is 4.10. The van der Waals surface area contributed by atoms with Crippen LogP contribution >= 0.6 is 11.6 Å². The molecule has 0 saturated heterocycles. The van der Waals surface area contributed by atoms with Crippen molar-refractivity contribution < 1.29 is 0 Å². The molecule has 0 amide bonds. The first-order valence-corrected chi connectivity index (χ1v) is 12.5. The van der Waals surface area contributed by atoms with E-state index in [4.69, 9.17) is 26.6 Å². The molecular formula is C33H20ClN3. The maximum Gasteiger partial charge on any atom is 0.164 e. The van der Waals surface area contributed by atoms with Gasteiger partial charge in [0, 0.05) is 21.7 Å². The molecule has 0 bridgehead atoms. The Bertz CT molecular complexity index is 1860. The van der Waals surface area contributed by atoms with E-state index in [0.29, 0.717) is 22.5 Å². The molecule has 1 aromatic heterocycles. The van der Waals surface area contributed by atoms with Crippen molar-refractivity contribution in [1.82, 2.24) is 15.0 Å². The normalized spacial score (nSPS) is 11.4. The quantitative estimate of drug-likeness (QED) is 0.246. The average molecular weight is 494 g/mol. The summed E-state index contributed by atoms with van der Waals surface area (Å²) < 4.78 is 0. The average Bonchev–Trinajstić information content (AvgIpc) is 2.96. The van der Waals surface area contributed by atoms with E-state index in [9.17, 15) is 0 Å². The summed E-state index contributed by atoms with van der Waals surface area (Å²) in [5.74, 6) is 1.92. The van der Waals surface area contributed by atoms with Crippen LogP contribution in [0.4, 0.5) is 0 Å². The van der Waals surface area contributed by atoms with Gasteiger partial charge in [-0.25, -0.2) is 15.0 Å². The number of nitrogens with zero attached hydrogens (tertiary/aromatic N) is 3. The number of rotatable bonds is 3. The highest BCUT2D eigenvalue weighted by molar-refractivity contribution is 6.31. The second-order valence-electron chi connectivity index (χ2n) is 9.14. The van der Waals surface area contributed by atoms with Gasteiger partial charge in [-0.1, -0.05) is 103 Å². The standard InChI is InChI=1S/C33H20ClN3/c34-30-16-15-23-11-14-28(19-29(23)20-30)33-36-31(26-12-9-21-5-1-3-7-24(21)17-26)35-32(37-33)27-13-10-22-6-2-4-8-25(22)18-27/h1-20H. The number of fused-ring (bicyclic) bond motifs is 3. The first kappa shape index (κ1) is 21.7. The predicted molar refractivity (Wildman–Crippen MR) is 154 cm³/mol. The van der Waals surface area contributed by atoms with E-state index in [0.717, 1.165) is 38.2 Å². The first-order chi connectivity index (χ1) is 18.2. The fraction of sp³-hybridized carbons (Fsp3) is 0. The molecule has 0 atom stereocenters. The van der Waals surface area contributed by atoms with Gasteiger partial charge < -0.3 is 0 Å². The second kappa shape index (κ2) is 8.81. The molecule has 174 valence electrons. The smallest absolute Gasteiger partial charge is 0.164 e. The van der Waals surface area contributed by atoms with E-state index < -0.39 is 0 Å². The lowest BCUT2D eigenvalue weighted by molar-refractivity contribution is 1.08. The molecule has 0 spiro atoms. The molecule has 7 aromatic rings. The molecule has 0 saturated carbocycles. The van der Waals surface area contributed by atoms with Gasteiger partial charge in [0.25, 0.3) is 0 Å². The largest absolute Gasteiger partial charge is 0.208 e. The molecule has 0 aliphatic carbocycles. The molecular weight excluding hydrogens is 474 g/mol. The van der Waals surface area contributed by atoms with Crippen molar-refractivity contribution in [2.24, 2.45) is 0 Å². The lowest BCUT2D eigenvalue weighted by Crippen LogP contribution is -2.00. The van der Waals surface area contributed by atoms with Crippen LogP contribution in [0.3, 0.4) is 0 Å². The Morgan fingerprint density at radius 3 is 1.22 bits per heavy atom. The minimum atomic E-state index is 0.628. The summed E-state index contributed by atoms with van der Waals surface area (Å²) in [6, 6.07) is 41.4. The molecule has 7 rings (SSSR count). The van der Waals surface area contributed by atoms with Gasteiger partial charge in [-0.15, -0.1) is 0 Å². The molecule has 0 radical (unpaired) electrons. The Labute approximate surface area is 219 Å². The summed E-state index contributed by atoms with van der Waals surface area (Å²) in [5.41, 5.74) is 2.82. The van der Waals surface area contributed by atoms with Crippen LogP contribution in [-0.2, 0) is 0 Å². The summed E-state index contributed by atoms with van der Waals surface area (Å²) in [6.45, 7) is 0. The van der Waals surface area contributed by atoms with E-state index in [1.165, 1.54) is 10.8 Å². The lowest BCUT2D eigenvalue weighted by atomic mass is 10.0. The number of hydrogen-bond donors (Lipinski definition) is 0. The fourth-order valence-corrected chi connectivity index (χ4v) is 4.96. The molecule has 37 heavy (non-hydrogen) atoms. The van der Waals surface area contributed by atoms with Crippen LogP contribution in [0, 0.1) is 0 Å². The maximum absolute atomic E-state index is 6.28. The molecule has 1 heterocycles. The van der Waals surface area contributed by atoms with E-state index >= 15 is 0 Å². The van der Waals surface area contributed by atoms with Crippen LogP contribution in [0.1, 0.15) is 0 Å². The summed E-state index contributed by atoms with van der Waals surface area (Å²) in [4.78, 5) is 14.8. The van der Waals surface area contributed by atoms with Gasteiger partial charge >= 0.3 is 0 Å². The Balaban J connectivity index is 1.44. The minimum Gasteiger partial charge on any atom is -0.208 e. The zero-order valence-electron chi connectivity index (χ0n) is 19.8. The van der Waals surface area contributed by atoms with Crippen molar-refractivity contribution in [2.75, 3.05) is 0 Å². The number of hydrogen-bond acceptors (Lipinski definition) is 3. The van der Waals surface area contributed by atoms with Crippen LogP contribution in [0.25, 0.3) is 66.5 Å². The Kier molecular flexibility index (Phi) is 5.16. The zero-order chi connectivity index (χ0) is 24.8. The molecule has 0 unspecified atom stereocenters. The first-order valence-electron chi connectivity index (χ1n) is 12.1. The number of benzene rings is 6. The SMILES string of the molecule is Clc1ccc2ccc(-c3nc(-c4ccc5ccccc5c4)nc(-c4ccc5ccccc5c4)n3)cc2c1. The molecule has 3 nitrogen and oxygen atoms in total. The Morgan fingerprint density at radius 1 is 0.351 bits per heavy atom. The van der Waals surface area contributed by atoms with Gasteiger partial charge in [-0.05, 0) is 62.6 Å². The van der Waals surface area contributed by atoms with Crippen molar-refractivity contribution in [1.29, 1.82) is 0 Å². The van der Waals surface area contributed by atoms with E-state index in [1.807, 2.05) is 42.5 Å². The van der Waals surface area contributed by atoms with Gasteiger partial charge in [0.05, 0.1) is 0 Å². The third-order valence-corrected chi connectivity index (χ3v) is 6.95. The number of halogens is 1. The highest BCUT2D eigenvalue weighted by Crippen LogP contribution is 2.30. The van der Waals surface area contributed by atoms with Gasteiger partial charge in [-0.2, -0.15) is 0 Å². The molecule has 0 N–H and O–H groups in total. The van der Waals surface area contributed by atoms with Crippen molar-refractivity contribution in [3.05, 3.63) is 126 Å². The van der Waals surface area contributed by atoms with Gasteiger partial charge in [0.15, 0.2) is 17.5 Å². The lowest BCUT2D eigenvalue weighted by Gasteiger charge is -2.10. The molecule has 4 heteroatoms. The molecule has 0 aliphatic heterocycles. The predicted octanol–water partition coefficient (Wildman–Crippen LogP) is 8.99. The highest BCUT2D eigenvalue weighted by Gasteiger charge is 2.14. The number of aromatic nitrogens is 3. The topological polar surface area (TPSA) is 38.7 Å². The molecule has 0 aliphatic rings. The maximum atomic E-state index is 6.28. The van der Waals surface area contributed by atoms with Crippen LogP contribution in [0.5, 0.6) is 0 Å². The second-order valence-corrected chi connectivity index (χ2v) is 9.57. The van der Waals surface area contributed by atoms with Crippen LogP contribution < -0.4 is 0 Å². The van der Waals surface area contributed by atoms with E-state index in [1.54, 1.807) is 0 Å². The van der Waals surface area contributed by atoms with Crippen molar-refractivity contribution in [2.45, 2.75) is 0 Å².